The molecule has 0 aliphatic carbocycles. The van der Waals surface area contributed by atoms with E-state index in [1.807, 2.05) is 0 Å². The first-order valence-electron chi connectivity index (χ1n) is 9.35. The van der Waals surface area contributed by atoms with Gasteiger partial charge in [0.2, 0.25) is 0 Å². The van der Waals surface area contributed by atoms with Crippen molar-refractivity contribution >= 4 is 15.9 Å². The monoisotopic (exact) mass is 440 g/mol. The molecule has 0 fully saturated rings. The van der Waals surface area contributed by atoms with E-state index in [9.17, 15) is 27.7 Å². The van der Waals surface area contributed by atoms with E-state index in [2.05, 4.69) is 0 Å². The van der Waals surface area contributed by atoms with Gasteiger partial charge >= 0.3 is 0 Å². The van der Waals surface area contributed by atoms with Gasteiger partial charge in [-0.25, -0.2) is 17.1 Å². The van der Waals surface area contributed by atoms with Crippen LogP contribution in [0.3, 0.4) is 0 Å². The highest BCUT2D eigenvalue weighted by Crippen LogP contribution is 2.45. The molecule has 0 spiro atoms. The third-order valence-corrected chi connectivity index (χ3v) is 7.04. The number of nitro groups is 1. The summed E-state index contributed by atoms with van der Waals surface area (Å²) in [7, 11) is -4.49. The molecule has 1 amide bonds. The zero-order valence-electron chi connectivity index (χ0n) is 16.3. The highest BCUT2D eigenvalue weighted by Gasteiger charge is 2.52. The Morgan fingerprint density at radius 2 is 1.65 bits per heavy atom. The van der Waals surface area contributed by atoms with Crippen LogP contribution in [0.2, 0.25) is 0 Å². The molecule has 1 aliphatic rings. The lowest BCUT2D eigenvalue weighted by Gasteiger charge is -2.37. The fourth-order valence-corrected chi connectivity index (χ4v) is 5.35. The molecule has 0 radical (unpaired) electrons. The van der Waals surface area contributed by atoms with Gasteiger partial charge in [0.25, 0.3) is 22.0 Å². The molecular weight excluding hydrogens is 423 g/mol. The third-order valence-electron chi connectivity index (χ3n) is 5.26. The molecule has 1 aliphatic heterocycles. The number of carbonyl (C=O) groups excluding carboxylic acids is 1. The van der Waals surface area contributed by atoms with Crippen molar-refractivity contribution in [3.05, 3.63) is 111 Å². The molecule has 7 nitrogen and oxygen atoms in total. The van der Waals surface area contributed by atoms with Gasteiger partial charge in [0, 0.05) is 10.5 Å². The van der Waals surface area contributed by atoms with Crippen molar-refractivity contribution in [1.29, 1.82) is 0 Å². The number of sulfonamides is 1. The summed E-state index contributed by atoms with van der Waals surface area (Å²) in [5.41, 5.74) is 0.715. The van der Waals surface area contributed by atoms with Gasteiger partial charge in [-0.1, -0.05) is 48.0 Å². The van der Waals surface area contributed by atoms with Crippen LogP contribution in [-0.4, -0.2) is 23.6 Å². The van der Waals surface area contributed by atoms with Gasteiger partial charge in [-0.15, -0.1) is 0 Å². The Hall–Kier alpha value is -3.59. The summed E-state index contributed by atoms with van der Waals surface area (Å²) in [5.74, 6) is -1.80. The van der Waals surface area contributed by atoms with Gasteiger partial charge in [-0.2, -0.15) is 0 Å². The summed E-state index contributed by atoms with van der Waals surface area (Å²) in [6.07, 6.45) is 0. The second-order valence-electron chi connectivity index (χ2n) is 7.24. The van der Waals surface area contributed by atoms with E-state index in [0.29, 0.717) is 4.31 Å². The molecule has 31 heavy (non-hydrogen) atoms. The Morgan fingerprint density at radius 1 is 1.00 bits per heavy atom. The summed E-state index contributed by atoms with van der Waals surface area (Å²) >= 11 is 0. The molecule has 0 bridgehead atoms. The standard InChI is InChI=1S/C22H17FN2O5S/c1-14-7-10-17(11-8-14)31(29,30)24-20(15-5-3-2-4-6-15)21(25(27)28)18-12-9-16(23)13-19(18)22(24)26/h2-13,20-21H,1H3/t20-,21+/m1/s1. The molecule has 4 rings (SSSR count). The first-order valence-corrected chi connectivity index (χ1v) is 10.8. The molecule has 2 atom stereocenters. The zero-order chi connectivity index (χ0) is 22.3. The predicted molar refractivity (Wildman–Crippen MR) is 110 cm³/mol. The number of fused-ring (bicyclic) bond motifs is 1. The average Bonchev–Trinajstić information content (AvgIpc) is 2.74. The zero-order valence-corrected chi connectivity index (χ0v) is 17.1. The maximum atomic E-state index is 13.9. The van der Waals surface area contributed by atoms with Crippen LogP contribution in [0.4, 0.5) is 4.39 Å². The Kier molecular flexibility index (Phi) is 5.06. The summed E-state index contributed by atoms with van der Waals surface area (Å²) in [4.78, 5) is 24.7. The van der Waals surface area contributed by atoms with Crippen molar-refractivity contribution in [3.63, 3.8) is 0 Å². The average molecular weight is 440 g/mol. The third kappa shape index (κ3) is 3.46. The van der Waals surface area contributed by atoms with Crippen LogP contribution in [0.15, 0.2) is 77.7 Å². The molecule has 9 heteroatoms. The molecule has 3 aromatic carbocycles. The topological polar surface area (TPSA) is 97.6 Å². The number of amides is 1. The van der Waals surface area contributed by atoms with Gasteiger partial charge in [0.05, 0.1) is 10.5 Å². The number of carbonyl (C=O) groups is 1. The smallest absolute Gasteiger partial charge is 0.268 e. The van der Waals surface area contributed by atoms with Crippen molar-refractivity contribution in [2.75, 3.05) is 0 Å². The molecule has 1 heterocycles. The lowest BCUT2D eigenvalue weighted by Crippen LogP contribution is -2.47. The highest BCUT2D eigenvalue weighted by atomic mass is 32.2. The van der Waals surface area contributed by atoms with Crippen LogP contribution in [-0.2, 0) is 10.0 Å². The Morgan fingerprint density at radius 3 is 2.26 bits per heavy atom. The first-order chi connectivity index (χ1) is 14.7. The molecule has 0 unspecified atom stereocenters. The molecular formula is C22H17FN2O5S. The fraction of sp³-hybridized carbons (Fsp3) is 0.136. The molecule has 3 aromatic rings. The number of benzene rings is 3. The number of rotatable bonds is 4. The van der Waals surface area contributed by atoms with Crippen molar-refractivity contribution in [1.82, 2.24) is 4.31 Å². The van der Waals surface area contributed by atoms with Crippen molar-refractivity contribution < 1.29 is 22.5 Å². The van der Waals surface area contributed by atoms with Crippen molar-refractivity contribution in [3.8, 4) is 0 Å². The minimum absolute atomic E-state index is 0.0272. The van der Waals surface area contributed by atoms with Crippen LogP contribution in [0.25, 0.3) is 0 Å². The lowest BCUT2D eigenvalue weighted by molar-refractivity contribution is -0.537. The first kappa shape index (κ1) is 20.7. The molecule has 0 saturated carbocycles. The highest BCUT2D eigenvalue weighted by molar-refractivity contribution is 7.89. The predicted octanol–water partition coefficient (Wildman–Crippen LogP) is 4.04. The lowest BCUT2D eigenvalue weighted by atomic mass is 9.87. The minimum Gasteiger partial charge on any atom is -0.268 e. The van der Waals surface area contributed by atoms with Crippen LogP contribution in [0.5, 0.6) is 0 Å². The van der Waals surface area contributed by atoms with Crippen LogP contribution >= 0.6 is 0 Å². The second-order valence-corrected chi connectivity index (χ2v) is 9.05. The number of aryl methyl sites for hydroxylation is 1. The fourth-order valence-electron chi connectivity index (χ4n) is 3.79. The van der Waals surface area contributed by atoms with E-state index in [4.69, 9.17) is 0 Å². The van der Waals surface area contributed by atoms with E-state index in [1.54, 1.807) is 37.3 Å². The van der Waals surface area contributed by atoms with Gasteiger partial charge in [-0.05, 0) is 42.8 Å². The number of halogens is 1. The van der Waals surface area contributed by atoms with E-state index < -0.39 is 38.8 Å². The van der Waals surface area contributed by atoms with Crippen LogP contribution < -0.4 is 0 Å². The van der Waals surface area contributed by atoms with Gasteiger partial charge in [0.15, 0.2) is 0 Å². The van der Waals surface area contributed by atoms with E-state index >= 15 is 0 Å². The minimum atomic E-state index is -4.49. The van der Waals surface area contributed by atoms with E-state index in [1.165, 1.54) is 30.3 Å². The van der Waals surface area contributed by atoms with Crippen LogP contribution in [0.1, 0.15) is 39.1 Å². The van der Waals surface area contributed by atoms with Crippen molar-refractivity contribution in [2.24, 2.45) is 0 Å². The van der Waals surface area contributed by atoms with Crippen LogP contribution in [0, 0.1) is 22.9 Å². The van der Waals surface area contributed by atoms with Crippen molar-refractivity contribution in [2.45, 2.75) is 23.9 Å². The maximum Gasteiger partial charge on any atom is 0.269 e. The number of hydrogen-bond acceptors (Lipinski definition) is 5. The Labute approximate surface area is 178 Å². The molecule has 0 aromatic heterocycles. The largest absolute Gasteiger partial charge is 0.269 e. The summed E-state index contributed by atoms with van der Waals surface area (Å²) < 4.78 is 41.5. The quantitative estimate of drug-likeness (QED) is 0.451. The van der Waals surface area contributed by atoms with Gasteiger partial charge in [0.1, 0.15) is 11.9 Å². The molecule has 0 N–H and O–H groups in total. The number of nitrogens with zero attached hydrogens (tertiary/aromatic N) is 2. The summed E-state index contributed by atoms with van der Waals surface area (Å²) in [6, 6.07) is 13.7. The second kappa shape index (κ2) is 7.59. The van der Waals surface area contributed by atoms with E-state index in [0.717, 1.165) is 17.7 Å². The summed E-state index contributed by atoms with van der Waals surface area (Å²) in [5, 5.41) is 12.1. The molecule has 0 saturated heterocycles. The normalized spacial score (nSPS) is 18.5. The Bertz CT molecular complexity index is 1280. The van der Waals surface area contributed by atoms with E-state index in [-0.39, 0.29) is 21.6 Å². The SMILES string of the molecule is Cc1ccc(S(=O)(=O)N2C(=O)c3cc(F)ccc3[C@H]([N+](=O)[O-])[C@H]2c2ccccc2)cc1. The Balaban J connectivity index is 2.02. The summed E-state index contributed by atoms with van der Waals surface area (Å²) in [6.45, 7) is 1.77. The van der Waals surface area contributed by atoms with Gasteiger partial charge < -0.3 is 0 Å². The maximum absolute atomic E-state index is 13.9. The molecule has 158 valence electrons. The number of hydrogen-bond donors (Lipinski definition) is 0. The van der Waals surface area contributed by atoms with Gasteiger partial charge in [-0.3, -0.25) is 14.9 Å².